The molecule has 0 saturated heterocycles. The highest BCUT2D eigenvalue weighted by Gasteiger charge is 2.30. The van der Waals surface area contributed by atoms with E-state index in [9.17, 15) is 4.57 Å². The summed E-state index contributed by atoms with van der Waals surface area (Å²) in [4.78, 5) is 0. The van der Waals surface area contributed by atoms with Crippen LogP contribution in [0, 0.1) is 0 Å². The molecule has 0 saturated carbocycles. The smallest absolute Gasteiger partial charge is 0.412 e. The molecule has 0 spiro atoms. The molecule has 9 heteroatoms. The van der Waals surface area contributed by atoms with Gasteiger partial charge in [0.05, 0.1) is 5.02 Å². The molecule has 0 aliphatic heterocycles. The lowest BCUT2D eigenvalue weighted by Crippen LogP contribution is -2.11. The second-order valence-electron chi connectivity index (χ2n) is 2.84. The highest BCUT2D eigenvalue weighted by atomic mass is 35.7. The van der Waals surface area contributed by atoms with Crippen molar-refractivity contribution >= 4 is 64.6 Å². The third kappa shape index (κ3) is 6.40. The van der Waals surface area contributed by atoms with Gasteiger partial charge in [0.25, 0.3) is 0 Å². The van der Waals surface area contributed by atoms with Crippen molar-refractivity contribution in [1.29, 1.82) is 0 Å². The zero-order chi connectivity index (χ0) is 13.1. The zero-order valence-corrected chi connectivity index (χ0v) is 12.8. The molecule has 1 atom stereocenters. The van der Waals surface area contributed by atoms with E-state index in [1.807, 2.05) is 0 Å². The first-order chi connectivity index (χ1) is 7.70. The molecule has 1 aromatic carbocycles. The van der Waals surface area contributed by atoms with Crippen LogP contribution in [0.25, 0.3) is 0 Å². The van der Waals surface area contributed by atoms with E-state index in [0.717, 1.165) is 0 Å². The van der Waals surface area contributed by atoms with Crippen LogP contribution in [0.15, 0.2) is 24.3 Å². The minimum Gasteiger partial charge on any atom is -0.412 e. The van der Waals surface area contributed by atoms with Crippen molar-refractivity contribution in [2.24, 2.45) is 0 Å². The standard InChI is InChI=1S/C8H6Cl5O3P/c9-6-3-1-2-4-7(6)16-17(13,14)15-5-8(10,11)12/h1-4H,5H2. The normalized spacial score (nSPS) is 15.4. The predicted octanol–water partition coefficient (Wildman–Crippen LogP) is 5.45. The van der Waals surface area contributed by atoms with E-state index in [2.05, 4.69) is 0 Å². The van der Waals surface area contributed by atoms with Crippen LogP contribution >= 0.6 is 64.6 Å². The van der Waals surface area contributed by atoms with Crippen molar-refractivity contribution in [2.45, 2.75) is 3.79 Å². The Bertz CT molecular complexity index is 433. The van der Waals surface area contributed by atoms with Crippen LogP contribution in [-0.4, -0.2) is 10.4 Å². The quantitative estimate of drug-likeness (QED) is 0.530. The number of alkyl halides is 3. The van der Waals surface area contributed by atoms with Crippen molar-refractivity contribution in [2.75, 3.05) is 6.61 Å². The minimum atomic E-state index is -3.90. The summed E-state index contributed by atoms with van der Waals surface area (Å²) in [7, 11) is 0. The number of hydrogen-bond donors (Lipinski definition) is 0. The molecule has 0 aliphatic carbocycles. The Kier molecular flexibility index (Phi) is 5.74. The van der Waals surface area contributed by atoms with Crippen molar-refractivity contribution in [1.82, 2.24) is 0 Å². The molecule has 0 N–H and O–H groups in total. The molecule has 0 radical (unpaired) electrons. The summed E-state index contributed by atoms with van der Waals surface area (Å²) in [5, 5.41) is 0.242. The van der Waals surface area contributed by atoms with E-state index >= 15 is 0 Å². The van der Waals surface area contributed by atoms with E-state index in [-0.39, 0.29) is 10.8 Å². The summed E-state index contributed by atoms with van der Waals surface area (Å²) in [5.41, 5.74) is 0. The van der Waals surface area contributed by atoms with Gasteiger partial charge in [0.2, 0.25) is 3.79 Å². The highest BCUT2D eigenvalue weighted by Crippen LogP contribution is 2.55. The van der Waals surface area contributed by atoms with Crippen molar-refractivity contribution in [3.63, 3.8) is 0 Å². The number of benzene rings is 1. The first kappa shape index (κ1) is 15.7. The second-order valence-corrected chi connectivity index (χ2v) is 8.31. The molecule has 0 aliphatic rings. The molecule has 0 aromatic heterocycles. The monoisotopic (exact) mass is 356 g/mol. The molecule has 1 aromatic rings. The molecular weight excluding hydrogens is 352 g/mol. The Morgan fingerprint density at radius 1 is 1.24 bits per heavy atom. The molecule has 0 amide bonds. The van der Waals surface area contributed by atoms with Crippen LogP contribution in [0.4, 0.5) is 0 Å². The Morgan fingerprint density at radius 3 is 2.35 bits per heavy atom. The molecule has 17 heavy (non-hydrogen) atoms. The highest BCUT2D eigenvalue weighted by molar-refractivity contribution is 7.81. The van der Waals surface area contributed by atoms with Gasteiger partial charge in [-0.2, -0.15) is 0 Å². The Balaban J connectivity index is 2.67. The molecule has 1 unspecified atom stereocenters. The maximum atomic E-state index is 11.7. The Morgan fingerprint density at radius 2 is 1.82 bits per heavy atom. The van der Waals surface area contributed by atoms with Crippen LogP contribution in [0.1, 0.15) is 0 Å². The van der Waals surface area contributed by atoms with Gasteiger partial charge in [-0.25, -0.2) is 4.57 Å². The van der Waals surface area contributed by atoms with E-state index in [1.165, 1.54) is 6.07 Å². The van der Waals surface area contributed by atoms with Gasteiger partial charge < -0.3 is 4.52 Å². The van der Waals surface area contributed by atoms with Crippen LogP contribution < -0.4 is 4.52 Å². The molecule has 96 valence electrons. The second kappa shape index (κ2) is 6.21. The fourth-order valence-electron chi connectivity index (χ4n) is 0.813. The Hall–Kier alpha value is 0.660. The minimum absolute atomic E-state index is 0.122. The average Bonchev–Trinajstić information content (AvgIpc) is 2.18. The number of hydrogen-bond acceptors (Lipinski definition) is 3. The summed E-state index contributed by atoms with van der Waals surface area (Å²) >= 11 is 27.6. The maximum absolute atomic E-state index is 11.7. The van der Waals surface area contributed by atoms with Gasteiger partial charge in [-0.3, -0.25) is 4.52 Å². The molecule has 3 nitrogen and oxygen atoms in total. The fraction of sp³-hybridized carbons (Fsp3) is 0.250. The average molecular weight is 358 g/mol. The maximum Gasteiger partial charge on any atom is 0.476 e. The van der Waals surface area contributed by atoms with Crippen LogP contribution in [0.2, 0.25) is 5.02 Å². The third-order valence-electron chi connectivity index (χ3n) is 1.43. The van der Waals surface area contributed by atoms with E-state index in [1.54, 1.807) is 18.2 Å². The Labute approximate surface area is 123 Å². The third-order valence-corrected chi connectivity index (χ3v) is 3.42. The lowest BCUT2D eigenvalue weighted by molar-refractivity contribution is 0.285. The summed E-state index contributed by atoms with van der Waals surface area (Å²) in [6, 6.07) is 6.34. The summed E-state index contributed by atoms with van der Waals surface area (Å²) in [6.45, 7) is -4.37. The molecule has 0 fully saturated rings. The lowest BCUT2D eigenvalue weighted by atomic mass is 10.3. The van der Waals surface area contributed by atoms with Gasteiger partial charge in [0.1, 0.15) is 12.4 Å². The lowest BCUT2D eigenvalue weighted by Gasteiger charge is -2.16. The van der Waals surface area contributed by atoms with Gasteiger partial charge in [0.15, 0.2) is 0 Å². The van der Waals surface area contributed by atoms with Gasteiger partial charge in [-0.1, -0.05) is 58.5 Å². The van der Waals surface area contributed by atoms with Crippen molar-refractivity contribution in [3.8, 4) is 5.75 Å². The molecule has 0 bridgehead atoms. The van der Waals surface area contributed by atoms with Gasteiger partial charge in [-0.05, 0) is 12.1 Å². The molecule has 0 heterocycles. The summed E-state index contributed by atoms with van der Waals surface area (Å²) < 4.78 is 19.6. The van der Waals surface area contributed by atoms with Crippen molar-refractivity contribution < 1.29 is 13.6 Å². The first-order valence-corrected chi connectivity index (χ1v) is 8.11. The fourth-order valence-corrected chi connectivity index (χ4v) is 2.60. The summed E-state index contributed by atoms with van der Waals surface area (Å²) in [5.74, 6) is 0.122. The number of para-hydroxylation sites is 1. The van der Waals surface area contributed by atoms with Gasteiger partial charge in [0, 0.05) is 11.2 Å². The molecule has 1 rings (SSSR count). The van der Waals surface area contributed by atoms with Crippen LogP contribution in [0.3, 0.4) is 0 Å². The zero-order valence-electron chi connectivity index (χ0n) is 8.08. The first-order valence-electron chi connectivity index (χ1n) is 4.15. The van der Waals surface area contributed by atoms with Gasteiger partial charge in [-0.15, -0.1) is 0 Å². The van der Waals surface area contributed by atoms with E-state index in [0.29, 0.717) is 0 Å². The van der Waals surface area contributed by atoms with E-state index < -0.39 is 17.3 Å². The topological polar surface area (TPSA) is 35.5 Å². The van der Waals surface area contributed by atoms with E-state index in [4.69, 9.17) is 66.7 Å². The van der Waals surface area contributed by atoms with Crippen molar-refractivity contribution in [3.05, 3.63) is 29.3 Å². The van der Waals surface area contributed by atoms with Crippen LogP contribution in [0.5, 0.6) is 5.75 Å². The molecular formula is C8H6Cl5O3P. The van der Waals surface area contributed by atoms with Crippen LogP contribution in [-0.2, 0) is 9.09 Å². The summed E-state index contributed by atoms with van der Waals surface area (Å²) in [6.07, 6.45) is 0. The number of halogens is 5. The number of rotatable bonds is 4. The SMILES string of the molecule is O=P(Cl)(OCC(Cl)(Cl)Cl)Oc1ccccc1Cl. The van der Waals surface area contributed by atoms with Gasteiger partial charge >= 0.3 is 6.95 Å². The largest absolute Gasteiger partial charge is 0.476 e. The predicted molar refractivity (Wildman–Crippen MR) is 71.8 cm³/mol.